The van der Waals surface area contributed by atoms with Gasteiger partial charge in [0.25, 0.3) is 0 Å². The molecule has 0 aromatic heterocycles. The second kappa shape index (κ2) is 4.01. The first kappa shape index (κ1) is 9.53. The van der Waals surface area contributed by atoms with E-state index in [2.05, 4.69) is 35.8 Å². The van der Waals surface area contributed by atoms with Crippen LogP contribution in [0.3, 0.4) is 0 Å². The fourth-order valence-corrected chi connectivity index (χ4v) is 2.26. The third-order valence-electron chi connectivity index (χ3n) is 2.99. The van der Waals surface area contributed by atoms with E-state index in [9.17, 15) is 0 Å². The zero-order valence-electron chi connectivity index (χ0n) is 8.93. The Labute approximate surface area is 85.7 Å². The van der Waals surface area contributed by atoms with E-state index >= 15 is 0 Å². The van der Waals surface area contributed by atoms with Gasteiger partial charge < -0.3 is 10.6 Å². The summed E-state index contributed by atoms with van der Waals surface area (Å²) in [6, 6.07) is 6.58. The molecule has 0 amide bonds. The van der Waals surface area contributed by atoms with Gasteiger partial charge in [-0.3, -0.25) is 0 Å². The lowest BCUT2D eigenvalue weighted by Gasteiger charge is -2.27. The summed E-state index contributed by atoms with van der Waals surface area (Å²) in [6.07, 6.45) is 1.23. The molecule has 1 aromatic rings. The van der Waals surface area contributed by atoms with Gasteiger partial charge in [-0.05, 0) is 31.5 Å². The summed E-state index contributed by atoms with van der Waals surface area (Å²) in [7, 11) is 2.03. The number of rotatable bonds is 2. The lowest BCUT2D eigenvalue weighted by atomic mass is 9.89. The number of anilines is 1. The van der Waals surface area contributed by atoms with E-state index in [1.807, 2.05) is 7.05 Å². The Morgan fingerprint density at radius 2 is 2.36 bits per heavy atom. The molecule has 1 aliphatic rings. The predicted molar refractivity (Wildman–Crippen MR) is 61.0 cm³/mol. The summed E-state index contributed by atoms with van der Waals surface area (Å²) in [5.41, 5.74) is 4.20. The molecule has 2 N–H and O–H groups in total. The highest BCUT2D eigenvalue weighted by molar-refractivity contribution is 5.60. The Hall–Kier alpha value is -1.02. The number of aryl methyl sites for hydroxylation is 1. The van der Waals surface area contributed by atoms with Gasteiger partial charge in [0, 0.05) is 24.7 Å². The van der Waals surface area contributed by atoms with Gasteiger partial charge >= 0.3 is 0 Å². The molecular formula is C12H18N2. The van der Waals surface area contributed by atoms with E-state index in [0.29, 0.717) is 5.92 Å². The van der Waals surface area contributed by atoms with Gasteiger partial charge in [0.05, 0.1) is 0 Å². The van der Waals surface area contributed by atoms with E-state index in [4.69, 9.17) is 0 Å². The number of para-hydroxylation sites is 1. The number of benzene rings is 1. The summed E-state index contributed by atoms with van der Waals surface area (Å²) < 4.78 is 0. The van der Waals surface area contributed by atoms with Crippen LogP contribution >= 0.6 is 0 Å². The van der Waals surface area contributed by atoms with Gasteiger partial charge in [-0.1, -0.05) is 18.2 Å². The Bertz CT molecular complexity index is 320. The molecule has 1 unspecified atom stereocenters. The van der Waals surface area contributed by atoms with Crippen molar-refractivity contribution in [2.75, 3.05) is 25.5 Å². The maximum atomic E-state index is 3.49. The lowest BCUT2D eigenvalue weighted by Crippen LogP contribution is -2.25. The van der Waals surface area contributed by atoms with E-state index in [1.165, 1.54) is 23.2 Å². The minimum Gasteiger partial charge on any atom is -0.385 e. The zero-order valence-corrected chi connectivity index (χ0v) is 8.93. The Morgan fingerprint density at radius 1 is 1.50 bits per heavy atom. The molecule has 0 saturated heterocycles. The molecule has 1 heterocycles. The molecule has 0 saturated carbocycles. The van der Waals surface area contributed by atoms with Crippen LogP contribution in [0.5, 0.6) is 0 Å². The van der Waals surface area contributed by atoms with Crippen LogP contribution in [0.1, 0.15) is 23.5 Å². The van der Waals surface area contributed by atoms with Crippen LogP contribution in [0.4, 0.5) is 5.69 Å². The van der Waals surface area contributed by atoms with Crippen molar-refractivity contribution in [3.05, 3.63) is 29.3 Å². The molecular weight excluding hydrogens is 172 g/mol. The first-order valence-corrected chi connectivity index (χ1v) is 5.31. The third-order valence-corrected chi connectivity index (χ3v) is 2.99. The second-order valence-corrected chi connectivity index (χ2v) is 4.01. The van der Waals surface area contributed by atoms with E-state index in [0.717, 1.165) is 13.1 Å². The van der Waals surface area contributed by atoms with Crippen LogP contribution in [0.25, 0.3) is 0 Å². The minimum atomic E-state index is 0.677. The zero-order chi connectivity index (χ0) is 9.97. The number of hydrogen-bond donors (Lipinski definition) is 2. The smallest absolute Gasteiger partial charge is 0.0405 e. The molecule has 2 heteroatoms. The number of hydrogen-bond acceptors (Lipinski definition) is 2. The quantitative estimate of drug-likeness (QED) is 0.746. The molecule has 2 rings (SSSR count). The fraction of sp³-hybridized carbons (Fsp3) is 0.500. The van der Waals surface area contributed by atoms with Crippen molar-refractivity contribution >= 4 is 5.69 Å². The summed E-state index contributed by atoms with van der Waals surface area (Å²) in [5, 5.41) is 6.76. The van der Waals surface area contributed by atoms with Crippen LogP contribution in [-0.2, 0) is 0 Å². The highest BCUT2D eigenvalue weighted by Gasteiger charge is 2.19. The van der Waals surface area contributed by atoms with Gasteiger partial charge in [-0.2, -0.15) is 0 Å². The van der Waals surface area contributed by atoms with Gasteiger partial charge in [-0.15, -0.1) is 0 Å². The minimum absolute atomic E-state index is 0.677. The third kappa shape index (κ3) is 1.62. The SMILES string of the molecule is CNCC1CCNc2c(C)cccc21. The molecule has 0 spiro atoms. The topological polar surface area (TPSA) is 24.1 Å². The largest absolute Gasteiger partial charge is 0.385 e. The van der Waals surface area contributed by atoms with Gasteiger partial charge in [-0.25, -0.2) is 0 Å². The predicted octanol–water partition coefficient (Wildman–Crippen LogP) is 2.11. The Morgan fingerprint density at radius 3 is 3.14 bits per heavy atom. The molecule has 0 aliphatic carbocycles. The van der Waals surface area contributed by atoms with Crippen molar-refractivity contribution in [3.8, 4) is 0 Å². The maximum Gasteiger partial charge on any atom is 0.0405 e. The first-order chi connectivity index (χ1) is 6.83. The first-order valence-electron chi connectivity index (χ1n) is 5.31. The van der Waals surface area contributed by atoms with Crippen LogP contribution in [0, 0.1) is 6.92 Å². The van der Waals surface area contributed by atoms with Crippen LogP contribution in [0.2, 0.25) is 0 Å². The summed E-state index contributed by atoms with van der Waals surface area (Å²) >= 11 is 0. The number of fused-ring (bicyclic) bond motifs is 1. The Balaban J connectivity index is 2.34. The van der Waals surface area contributed by atoms with Crippen molar-refractivity contribution in [1.82, 2.24) is 5.32 Å². The number of likely N-dealkylation sites (N-methyl/N-ethyl adjacent to an activating group) is 1. The van der Waals surface area contributed by atoms with Crippen LogP contribution in [-0.4, -0.2) is 20.1 Å². The molecule has 0 fully saturated rings. The molecule has 1 aromatic carbocycles. The molecule has 14 heavy (non-hydrogen) atoms. The van der Waals surface area contributed by atoms with Gasteiger partial charge in [0.15, 0.2) is 0 Å². The van der Waals surface area contributed by atoms with E-state index in [1.54, 1.807) is 0 Å². The molecule has 0 radical (unpaired) electrons. The Kier molecular flexibility index (Phi) is 2.73. The van der Waals surface area contributed by atoms with Crippen LogP contribution in [0.15, 0.2) is 18.2 Å². The fourth-order valence-electron chi connectivity index (χ4n) is 2.26. The van der Waals surface area contributed by atoms with Crippen molar-refractivity contribution in [2.45, 2.75) is 19.3 Å². The standard InChI is InChI=1S/C12H18N2/c1-9-4-3-5-11-10(8-13-2)6-7-14-12(9)11/h3-5,10,13-14H,6-8H2,1-2H3. The molecule has 76 valence electrons. The lowest BCUT2D eigenvalue weighted by molar-refractivity contribution is 0.585. The molecule has 1 atom stereocenters. The van der Waals surface area contributed by atoms with E-state index < -0.39 is 0 Å². The van der Waals surface area contributed by atoms with Crippen LogP contribution < -0.4 is 10.6 Å². The maximum absolute atomic E-state index is 3.49. The highest BCUT2D eigenvalue weighted by Crippen LogP contribution is 2.33. The summed E-state index contributed by atoms with van der Waals surface area (Å²) in [5.74, 6) is 0.677. The average molecular weight is 190 g/mol. The van der Waals surface area contributed by atoms with Crippen molar-refractivity contribution in [1.29, 1.82) is 0 Å². The summed E-state index contributed by atoms with van der Waals surface area (Å²) in [4.78, 5) is 0. The van der Waals surface area contributed by atoms with Gasteiger partial charge in [0.1, 0.15) is 0 Å². The number of nitrogens with one attached hydrogen (secondary N) is 2. The monoisotopic (exact) mass is 190 g/mol. The van der Waals surface area contributed by atoms with Gasteiger partial charge in [0.2, 0.25) is 0 Å². The van der Waals surface area contributed by atoms with Crippen molar-refractivity contribution < 1.29 is 0 Å². The second-order valence-electron chi connectivity index (χ2n) is 4.01. The summed E-state index contributed by atoms with van der Waals surface area (Å²) in [6.45, 7) is 4.36. The van der Waals surface area contributed by atoms with Crippen molar-refractivity contribution in [2.24, 2.45) is 0 Å². The molecule has 0 bridgehead atoms. The highest BCUT2D eigenvalue weighted by atomic mass is 14.9. The normalized spacial score (nSPS) is 20.0. The molecule has 1 aliphatic heterocycles. The van der Waals surface area contributed by atoms with E-state index in [-0.39, 0.29) is 0 Å². The molecule has 2 nitrogen and oxygen atoms in total. The van der Waals surface area contributed by atoms with Crippen molar-refractivity contribution in [3.63, 3.8) is 0 Å². The average Bonchev–Trinajstić information content (AvgIpc) is 2.20.